The maximum Gasteiger partial charge on any atom is 0.270 e. The molecule has 1 saturated heterocycles. The largest absolute Gasteiger partial charge is 0.344 e. The zero-order valence-electron chi connectivity index (χ0n) is 26.1. The molecule has 2 aliphatic rings. The number of carbonyl (C=O) groups excluding carboxylic acids is 4. The number of nitrogens with one attached hydrogen (secondary N) is 3. The number of hydrogen-bond donors (Lipinski definition) is 3. The summed E-state index contributed by atoms with van der Waals surface area (Å²) in [5.74, 6) is -0.342. The van der Waals surface area contributed by atoms with Crippen LogP contribution in [-0.2, 0) is 20.9 Å². The molecule has 4 amide bonds. The Hall–Kier alpha value is -3.41. The van der Waals surface area contributed by atoms with Crippen LogP contribution in [-0.4, -0.2) is 75.0 Å². The molecular formula is C32H45FN6O4S. The van der Waals surface area contributed by atoms with Gasteiger partial charge >= 0.3 is 0 Å². The van der Waals surface area contributed by atoms with E-state index in [1.165, 1.54) is 12.1 Å². The molecule has 12 heteroatoms. The highest BCUT2D eigenvalue weighted by molar-refractivity contribution is 7.99. The Labute approximate surface area is 263 Å². The lowest BCUT2D eigenvalue weighted by molar-refractivity contribution is -0.136. The normalized spacial score (nSPS) is 20.7. The van der Waals surface area contributed by atoms with Gasteiger partial charge in [0.15, 0.2) is 0 Å². The first-order valence-electron chi connectivity index (χ1n) is 15.7. The monoisotopic (exact) mass is 628 g/mol. The topological polar surface area (TPSA) is 125 Å². The van der Waals surface area contributed by atoms with Gasteiger partial charge in [-0.3, -0.25) is 23.9 Å². The maximum absolute atomic E-state index is 15.6. The lowest BCUT2D eigenvalue weighted by Gasteiger charge is -2.33. The van der Waals surface area contributed by atoms with Gasteiger partial charge in [0.1, 0.15) is 23.6 Å². The van der Waals surface area contributed by atoms with Gasteiger partial charge < -0.3 is 20.9 Å². The third-order valence-corrected chi connectivity index (χ3v) is 9.80. The summed E-state index contributed by atoms with van der Waals surface area (Å²) in [6.45, 7) is 9.29. The van der Waals surface area contributed by atoms with Gasteiger partial charge in [0.05, 0.1) is 5.69 Å². The van der Waals surface area contributed by atoms with E-state index in [0.29, 0.717) is 36.8 Å². The molecule has 3 N–H and O–H groups in total. The molecule has 0 unspecified atom stereocenters. The average Bonchev–Trinajstić information content (AvgIpc) is 3.53. The van der Waals surface area contributed by atoms with Gasteiger partial charge in [-0.2, -0.15) is 16.9 Å². The van der Waals surface area contributed by atoms with E-state index in [-0.39, 0.29) is 29.8 Å². The predicted octanol–water partition coefficient (Wildman–Crippen LogP) is 4.18. The molecule has 3 atom stereocenters. The Morgan fingerprint density at radius 3 is 2.39 bits per heavy atom. The highest BCUT2D eigenvalue weighted by Crippen LogP contribution is 2.32. The van der Waals surface area contributed by atoms with E-state index in [0.717, 1.165) is 37.2 Å². The molecule has 1 aliphatic heterocycles. The van der Waals surface area contributed by atoms with Crippen molar-refractivity contribution in [3.8, 4) is 0 Å². The standard InChI is InChI=1S/C32H45FN6O4S/c1-5-27(40)36-28(32(43)38-15-17-44-18-16-38)21(4)23-11-12-25(24(33)19-23)35-31(42)29(22-9-7-20(3)8-10-22)37-30(41)26-13-14-34-39(26)6-2/h11-14,19-22,28-29H,5-10,15-18H2,1-4H3,(H,35,42)(H,36,40)(H,37,41)/t20-,21-,22-,28+,29-/m0/s1. The number of aryl methyl sites for hydroxylation is 1. The van der Waals surface area contributed by atoms with Crippen LogP contribution in [0.2, 0.25) is 0 Å². The fourth-order valence-electron chi connectivity index (χ4n) is 5.98. The number of aromatic nitrogens is 2. The lowest BCUT2D eigenvalue weighted by atomic mass is 9.79. The molecule has 0 bridgehead atoms. The van der Waals surface area contributed by atoms with Crippen LogP contribution < -0.4 is 16.0 Å². The second-order valence-electron chi connectivity index (χ2n) is 11.9. The van der Waals surface area contributed by atoms with Crippen molar-refractivity contribution in [3.63, 3.8) is 0 Å². The fraction of sp³-hybridized carbons (Fsp3) is 0.594. The first-order valence-corrected chi connectivity index (χ1v) is 16.9. The van der Waals surface area contributed by atoms with Gasteiger partial charge in [-0.25, -0.2) is 4.39 Å². The fourth-order valence-corrected chi connectivity index (χ4v) is 6.89. The zero-order valence-corrected chi connectivity index (χ0v) is 26.9. The Morgan fingerprint density at radius 2 is 1.75 bits per heavy atom. The van der Waals surface area contributed by atoms with Crippen LogP contribution in [0.15, 0.2) is 30.5 Å². The number of rotatable bonds is 11. The van der Waals surface area contributed by atoms with Crippen molar-refractivity contribution in [1.29, 1.82) is 0 Å². The number of carbonyl (C=O) groups is 4. The molecule has 44 heavy (non-hydrogen) atoms. The quantitative estimate of drug-likeness (QED) is 0.343. The predicted molar refractivity (Wildman–Crippen MR) is 170 cm³/mol. The van der Waals surface area contributed by atoms with Gasteiger partial charge in [0.25, 0.3) is 5.91 Å². The first-order chi connectivity index (χ1) is 21.1. The lowest BCUT2D eigenvalue weighted by Crippen LogP contribution is -2.52. The van der Waals surface area contributed by atoms with E-state index in [1.807, 2.05) is 6.92 Å². The zero-order chi connectivity index (χ0) is 31.8. The number of thioether (sulfide) groups is 1. The highest BCUT2D eigenvalue weighted by atomic mass is 32.2. The van der Waals surface area contributed by atoms with Crippen LogP contribution in [0.4, 0.5) is 10.1 Å². The molecule has 1 saturated carbocycles. The molecular weight excluding hydrogens is 583 g/mol. The highest BCUT2D eigenvalue weighted by Gasteiger charge is 2.35. The average molecular weight is 629 g/mol. The third kappa shape index (κ3) is 8.19. The van der Waals surface area contributed by atoms with Crippen molar-refractivity contribution in [2.24, 2.45) is 11.8 Å². The molecule has 10 nitrogen and oxygen atoms in total. The summed E-state index contributed by atoms with van der Waals surface area (Å²) >= 11 is 1.78. The summed E-state index contributed by atoms with van der Waals surface area (Å²) in [7, 11) is 0. The number of amides is 4. The number of benzene rings is 1. The van der Waals surface area contributed by atoms with Crippen molar-refractivity contribution in [3.05, 3.63) is 47.5 Å². The summed E-state index contributed by atoms with van der Waals surface area (Å²) < 4.78 is 17.1. The second-order valence-corrected chi connectivity index (χ2v) is 13.1. The molecule has 1 aliphatic carbocycles. The van der Waals surface area contributed by atoms with Crippen LogP contribution in [0.5, 0.6) is 0 Å². The number of hydrogen-bond acceptors (Lipinski definition) is 6. The molecule has 1 aromatic carbocycles. The molecule has 0 spiro atoms. The first kappa shape index (κ1) is 33.5. The van der Waals surface area contributed by atoms with Gasteiger partial charge in [-0.1, -0.05) is 39.7 Å². The van der Waals surface area contributed by atoms with E-state index in [9.17, 15) is 19.2 Å². The van der Waals surface area contributed by atoms with E-state index in [4.69, 9.17) is 0 Å². The minimum atomic E-state index is -0.845. The van der Waals surface area contributed by atoms with Crippen LogP contribution >= 0.6 is 11.8 Å². The molecule has 1 aromatic heterocycles. The Morgan fingerprint density at radius 1 is 1.05 bits per heavy atom. The van der Waals surface area contributed by atoms with E-state index >= 15 is 4.39 Å². The Balaban J connectivity index is 1.52. The smallest absolute Gasteiger partial charge is 0.270 e. The van der Waals surface area contributed by atoms with E-state index in [1.54, 1.807) is 53.5 Å². The van der Waals surface area contributed by atoms with Crippen LogP contribution in [0.1, 0.15) is 81.8 Å². The minimum Gasteiger partial charge on any atom is -0.344 e. The van der Waals surface area contributed by atoms with Gasteiger partial charge in [-0.05, 0) is 55.4 Å². The minimum absolute atomic E-state index is 0.0125. The van der Waals surface area contributed by atoms with E-state index in [2.05, 4.69) is 28.0 Å². The molecule has 2 fully saturated rings. The summed E-state index contributed by atoms with van der Waals surface area (Å²) in [4.78, 5) is 54.4. The van der Waals surface area contributed by atoms with Crippen molar-refractivity contribution in [2.75, 3.05) is 29.9 Å². The second kappa shape index (κ2) is 15.5. The van der Waals surface area contributed by atoms with Crippen LogP contribution in [0.3, 0.4) is 0 Å². The van der Waals surface area contributed by atoms with Crippen molar-refractivity contribution in [2.45, 2.75) is 84.3 Å². The summed E-state index contributed by atoms with van der Waals surface area (Å²) in [5.41, 5.74) is 0.878. The van der Waals surface area contributed by atoms with Crippen LogP contribution in [0, 0.1) is 17.7 Å². The number of anilines is 1. The SMILES string of the molecule is CCC(=O)N[C@@H](C(=O)N1CCSCC1)[C@@H](C)c1ccc(NC(=O)[C@@H](NC(=O)c2ccnn2CC)[C@H]2CC[C@H](C)CC2)c(F)c1. The molecule has 0 radical (unpaired) electrons. The Bertz CT molecular complexity index is 1320. The molecule has 2 heterocycles. The molecule has 4 rings (SSSR count). The molecule has 2 aromatic rings. The number of halogens is 1. The van der Waals surface area contributed by atoms with Gasteiger partial charge in [0.2, 0.25) is 17.7 Å². The van der Waals surface area contributed by atoms with Crippen molar-refractivity contribution < 1.29 is 23.6 Å². The van der Waals surface area contributed by atoms with Crippen molar-refractivity contribution in [1.82, 2.24) is 25.3 Å². The maximum atomic E-state index is 15.6. The summed E-state index contributed by atoms with van der Waals surface area (Å²) in [5, 5.41) is 12.6. The van der Waals surface area contributed by atoms with Gasteiger partial charge in [-0.15, -0.1) is 0 Å². The van der Waals surface area contributed by atoms with Crippen LogP contribution in [0.25, 0.3) is 0 Å². The summed E-state index contributed by atoms with van der Waals surface area (Å²) in [6, 6.07) is 4.39. The Kier molecular flexibility index (Phi) is 11.8. The number of nitrogens with zero attached hydrogens (tertiary/aromatic N) is 3. The molecule has 240 valence electrons. The van der Waals surface area contributed by atoms with E-state index < -0.39 is 35.6 Å². The summed E-state index contributed by atoms with van der Waals surface area (Å²) in [6.07, 6.45) is 5.22. The third-order valence-electron chi connectivity index (χ3n) is 8.85. The van der Waals surface area contributed by atoms with Crippen molar-refractivity contribution >= 4 is 41.1 Å². The van der Waals surface area contributed by atoms with Gasteiger partial charge in [0, 0.05) is 49.7 Å².